The lowest BCUT2D eigenvalue weighted by Crippen LogP contribution is -2.09. The van der Waals surface area contributed by atoms with Gasteiger partial charge in [-0.2, -0.15) is 11.3 Å². The van der Waals surface area contributed by atoms with Gasteiger partial charge in [-0.25, -0.2) is 4.39 Å². The first kappa shape index (κ1) is 17.0. The average molecular weight is 354 g/mol. The SMILES string of the molecule is O=C(CCc1ccsc1)Oc1ccc(C(=O)c2ccc(F)cc2)cc1. The number of carbonyl (C=O) groups excluding carboxylic acids is 2. The summed E-state index contributed by atoms with van der Waals surface area (Å²) >= 11 is 1.59. The average Bonchev–Trinajstić information content (AvgIpc) is 3.14. The van der Waals surface area contributed by atoms with E-state index in [0.717, 1.165) is 5.56 Å². The molecule has 0 aliphatic rings. The molecule has 126 valence electrons. The molecule has 0 bridgehead atoms. The van der Waals surface area contributed by atoms with Crippen LogP contribution in [0.1, 0.15) is 27.9 Å². The summed E-state index contributed by atoms with van der Waals surface area (Å²) in [7, 11) is 0. The van der Waals surface area contributed by atoms with E-state index in [1.54, 1.807) is 35.6 Å². The van der Waals surface area contributed by atoms with Gasteiger partial charge in [0.1, 0.15) is 11.6 Å². The van der Waals surface area contributed by atoms with Gasteiger partial charge in [0, 0.05) is 11.1 Å². The second-order valence-electron chi connectivity index (χ2n) is 5.47. The summed E-state index contributed by atoms with van der Waals surface area (Å²) in [4.78, 5) is 24.2. The Hall–Kier alpha value is -2.79. The number of hydrogen-bond acceptors (Lipinski definition) is 4. The van der Waals surface area contributed by atoms with E-state index in [1.807, 2.05) is 16.8 Å². The van der Waals surface area contributed by atoms with Gasteiger partial charge in [-0.15, -0.1) is 0 Å². The highest BCUT2D eigenvalue weighted by Gasteiger charge is 2.10. The Kier molecular flexibility index (Phi) is 5.36. The summed E-state index contributed by atoms with van der Waals surface area (Å²) in [5.74, 6) is -0.522. The van der Waals surface area contributed by atoms with Crippen LogP contribution in [0.25, 0.3) is 0 Å². The molecule has 0 saturated heterocycles. The number of carbonyl (C=O) groups is 2. The van der Waals surface area contributed by atoms with Crippen molar-refractivity contribution in [2.24, 2.45) is 0 Å². The lowest BCUT2D eigenvalue weighted by atomic mass is 10.0. The van der Waals surface area contributed by atoms with E-state index in [9.17, 15) is 14.0 Å². The van der Waals surface area contributed by atoms with Crippen molar-refractivity contribution in [1.82, 2.24) is 0 Å². The topological polar surface area (TPSA) is 43.4 Å². The first-order chi connectivity index (χ1) is 12.1. The van der Waals surface area contributed by atoms with Crippen LogP contribution < -0.4 is 4.74 Å². The van der Waals surface area contributed by atoms with Gasteiger partial charge in [-0.05, 0) is 77.3 Å². The molecule has 0 atom stereocenters. The normalized spacial score (nSPS) is 10.4. The molecule has 3 nitrogen and oxygen atoms in total. The molecule has 0 aliphatic carbocycles. The van der Waals surface area contributed by atoms with Crippen molar-refractivity contribution in [3.8, 4) is 5.75 Å². The van der Waals surface area contributed by atoms with Gasteiger partial charge in [0.05, 0.1) is 6.42 Å². The van der Waals surface area contributed by atoms with E-state index < -0.39 is 0 Å². The smallest absolute Gasteiger partial charge is 0.311 e. The fourth-order valence-electron chi connectivity index (χ4n) is 2.31. The summed E-state index contributed by atoms with van der Waals surface area (Å²) in [5.41, 5.74) is 1.97. The molecule has 0 fully saturated rings. The zero-order valence-corrected chi connectivity index (χ0v) is 14.1. The highest BCUT2D eigenvalue weighted by atomic mass is 32.1. The van der Waals surface area contributed by atoms with Crippen molar-refractivity contribution in [3.63, 3.8) is 0 Å². The monoisotopic (exact) mass is 354 g/mol. The Balaban J connectivity index is 1.59. The molecule has 1 heterocycles. The molecule has 5 heteroatoms. The fourth-order valence-corrected chi connectivity index (χ4v) is 3.01. The van der Waals surface area contributed by atoms with Crippen molar-refractivity contribution in [3.05, 3.63) is 87.9 Å². The van der Waals surface area contributed by atoms with Crippen LogP contribution in [0.3, 0.4) is 0 Å². The molecule has 2 aromatic carbocycles. The van der Waals surface area contributed by atoms with E-state index in [4.69, 9.17) is 4.74 Å². The molecular weight excluding hydrogens is 339 g/mol. The predicted molar refractivity (Wildman–Crippen MR) is 94.5 cm³/mol. The van der Waals surface area contributed by atoms with Crippen molar-refractivity contribution < 1.29 is 18.7 Å². The number of ketones is 1. The summed E-state index contributed by atoms with van der Waals surface area (Å²) in [6.45, 7) is 0. The molecule has 0 saturated carbocycles. The third kappa shape index (κ3) is 4.61. The summed E-state index contributed by atoms with van der Waals surface area (Å²) in [6.07, 6.45) is 0.941. The maximum atomic E-state index is 12.9. The van der Waals surface area contributed by atoms with Gasteiger partial charge in [0.2, 0.25) is 0 Å². The van der Waals surface area contributed by atoms with Crippen molar-refractivity contribution >= 4 is 23.1 Å². The number of hydrogen-bond donors (Lipinski definition) is 0. The third-order valence-electron chi connectivity index (χ3n) is 3.65. The van der Waals surface area contributed by atoms with Crippen LogP contribution in [0.15, 0.2) is 65.4 Å². The summed E-state index contributed by atoms with van der Waals surface area (Å²) in [5, 5.41) is 3.97. The lowest BCUT2D eigenvalue weighted by Gasteiger charge is -2.05. The molecule has 3 rings (SSSR count). The van der Waals surface area contributed by atoms with Crippen LogP contribution >= 0.6 is 11.3 Å². The van der Waals surface area contributed by atoms with Gasteiger partial charge in [-0.1, -0.05) is 0 Å². The van der Waals surface area contributed by atoms with E-state index in [-0.39, 0.29) is 17.6 Å². The number of rotatable bonds is 6. The number of halogens is 1. The number of aryl methyl sites for hydroxylation is 1. The Bertz CT molecular complexity index is 853. The number of benzene rings is 2. The lowest BCUT2D eigenvalue weighted by molar-refractivity contribution is -0.134. The Morgan fingerprint density at radius 1 is 0.920 bits per heavy atom. The largest absolute Gasteiger partial charge is 0.427 e. The third-order valence-corrected chi connectivity index (χ3v) is 4.38. The first-order valence-corrected chi connectivity index (χ1v) is 8.68. The van der Waals surface area contributed by atoms with E-state index >= 15 is 0 Å². The van der Waals surface area contributed by atoms with Gasteiger partial charge in [0.25, 0.3) is 0 Å². The second-order valence-corrected chi connectivity index (χ2v) is 6.25. The molecule has 25 heavy (non-hydrogen) atoms. The van der Waals surface area contributed by atoms with Gasteiger partial charge in [0.15, 0.2) is 5.78 Å². The number of ether oxygens (including phenoxy) is 1. The molecule has 0 spiro atoms. The van der Waals surface area contributed by atoms with Crippen LogP contribution in [0.5, 0.6) is 5.75 Å². The Morgan fingerprint density at radius 3 is 2.16 bits per heavy atom. The fraction of sp³-hybridized carbons (Fsp3) is 0.100. The Labute approximate surface area is 148 Å². The molecule has 1 aromatic heterocycles. The molecule has 0 N–H and O–H groups in total. The molecule has 3 aromatic rings. The van der Waals surface area contributed by atoms with Crippen molar-refractivity contribution in [2.45, 2.75) is 12.8 Å². The minimum atomic E-state index is -0.388. The first-order valence-electron chi connectivity index (χ1n) is 7.74. The van der Waals surface area contributed by atoms with E-state index in [1.165, 1.54) is 24.3 Å². The minimum Gasteiger partial charge on any atom is -0.427 e. The van der Waals surface area contributed by atoms with Crippen LogP contribution in [-0.2, 0) is 11.2 Å². The number of esters is 1. The van der Waals surface area contributed by atoms with Crippen molar-refractivity contribution in [2.75, 3.05) is 0 Å². The highest BCUT2D eigenvalue weighted by Crippen LogP contribution is 2.17. The predicted octanol–water partition coefficient (Wildman–Crippen LogP) is 4.66. The van der Waals surface area contributed by atoms with Crippen molar-refractivity contribution in [1.29, 1.82) is 0 Å². The minimum absolute atomic E-state index is 0.213. The van der Waals surface area contributed by atoms with Gasteiger partial charge in [-0.3, -0.25) is 9.59 Å². The van der Waals surface area contributed by atoms with Gasteiger partial charge < -0.3 is 4.74 Å². The van der Waals surface area contributed by atoms with Crippen LogP contribution in [0.4, 0.5) is 4.39 Å². The maximum absolute atomic E-state index is 12.9. The highest BCUT2D eigenvalue weighted by molar-refractivity contribution is 7.07. The molecular formula is C20H15FO3S. The summed E-state index contributed by atoms with van der Waals surface area (Å²) in [6, 6.07) is 13.7. The molecule has 0 radical (unpaired) electrons. The molecule has 0 unspecified atom stereocenters. The molecule has 0 aliphatic heterocycles. The summed E-state index contributed by atoms with van der Waals surface area (Å²) < 4.78 is 18.2. The van der Waals surface area contributed by atoms with Crippen LogP contribution in [0.2, 0.25) is 0 Å². The van der Waals surface area contributed by atoms with E-state index in [0.29, 0.717) is 29.7 Å². The second kappa shape index (κ2) is 7.85. The Morgan fingerprint density at radius 2 is 1.56 bits per heavy atom. The van der Waals surface area contributed by atoms with Crippen LogP contribution in [-0.4, -0.2) is 11.8 Å². The standard InChI is InChI=1S/C20H15FO3S/c21-17-6-2-15(3-7-17)20(23)16-4-8-18(9-5-16)24-19(22)10-1-14-11-12-25-13-14/h2-9,11-13H,1,10H2. The maximum Gasteiger partial charge on any atom is 0.311 e. The van der Waals surface area contributed by atoms with Crippen LogP contribution in [0, 0.1) is 5.82 Å². The van der Waals surface area contributed by atoms with E-state index in [2.05, 4.69) is 0 Å². The molecule has 0 amide bonds. The van der Waals surface area contributed by atoms with Gasteiger partial charge >= 0.3 is 5.97 Å². The zero-order valence-electron chi connectivity index (χ0n) is 13.3. The number of thiophene rings is 1. The zero-order chi connectivity index (χ0) is 17.6. The quantitative estimate of drug-likeness (QED) is 0.367.